The highest BCUT2D eigenvalue weighted by Gasteiger charge is 2.16. The van der Waals surface area contributed by atoms with Gasteiger partial charge in [0.05, 0.1) is 18.3 Å². The summed E-state index contributed by atoms with van der Waals surface area (Å²) in [6.07, 6.45) is 1.14. The van der Waals surface area contributed by atoms with Gasteiger partial charge in [-0.05, 0) is 30.3 Å². The number of nitro benzene ring substituents is 1. The van der Waals surface area contributed by atoms with E-state index in [1.807, 2.05) is 0 Å². The highest BCUT2D eigenvalue weighted by molar-refractivity contribution is 6.15. The fourth-order valence-corrected chi connectivity index (χ4v) is 2.63. The van der Waals surface area contributed by atoms with Crippen LogP contribution in [-0.2, 0) is 9.53 Å². The summed E-state index contributed by atoms with van der Waals surface area (Å²) >= 11 is 0. The Balaban J connectivity index is 1.83. The van der Waals surface area contributed by atoms with Crippen molar-refractivity contribution in [1.82, 2.24) is 0 Å². The molecule has 0 amide bonds. The average Bonchev–Trinajstić information content (AvgIpc) is 2.73. The van der Waals surface area contributed by atoms with Crippen LogP contribution in [0, 0.1) is 10.1 Å². The van der Waals surface area contributed by atoms with E-state index in [9.17, 15) is 20.0 Å². The van der Waals surface area contributed by atoms with Gasteiger partial charge in [-0.15, -0.1) is 0 Å². The van der Waals surface area contributed by atoms with E-state index >= 15 is 0 Å². The van der Waals surface area contributed by atoms with Crippen molar-refractivity contribution in [2.45, 2.75) is 0 Å². The number of carboxylic acids is 1. The normalized spacial score (nSPS) is 10.9. The quantitative estimate of drug-likeness (QED) is 0.235. The number of hydrogen-bond acceptors (Lipinski definition) is 6. The Bertz CT molecular complexity index is 1090. The van der Waals surface area contributed by atoms with E-state index in [0.29, 0.717) is 28.6 Å². The fraction of sp³-hybridized carbons (Fsp3) is 0.0455. The first-order chi connectivity index (χ1) is 14.5. The molecule has 0 aliphatic heterocycles. The molecule has 3 rings (SSSR count). The zero-order valence-electron chi connectivity index (χ0n) is 15.8. The van der Waals surface area contributed by atoms with Gasteiger partial charge >= 0.3 is 5.97 Å². The maximum atomic E-state index is 11.6. The largest absolute Gasteiger partial charge is 0.503 e. The predicted molar refractivity (Wildman–Crippen MR) is 109 cm³/mol. The Kier molecular flexibility index (Phi) is 6.29. The van der Waals surface area contributed by atoms with E-state index in [-0.39, 0.29) is 11.3 Å². The van der Waals surface area contributed by atoms with Crippen molar-refractivity contribution in [2.24, 2.45) is 0 Å². The number of aliphatic carboxylic acids is 1. The molecule has 0 heterocycles. The molecule has 8 nitrogen and oxygen atoms in total. The van der Waals surface area contributed by atoms with Crippen LogP contribution in [-0.4, -0.2) is 23.1 Å². The summed E-state index contributed by atoms with van der Waals surface area (Å²) in [6.45, 7) is 0. The van der Waals surface area contributed by atoms with Gasteiger partial charge in [0.1, 0.15) is 28.6 Å². The van der Waals surface area contributed by atoms with Crippen LogP contribution >= 0.6 is 0 Å². The lowest BCUT2D eigenvalue weighted by Crippen LogP contribution is -2.02. The minimum absolute atomic E-state index is 0.0330. The third-order valence-electron chi connectivity index (χ3n) is 3.96. The molecule has 0 saturated carbocycles. The summed E-state index contributed by atoms with van der Waals surface area (Å²) in [4.78, 5) is 21.8. The summed E-state index contributed by atoms with van der Waals surface area (Å²) in [7, 11) is 1.37. The lowest BCUT2D eigenvalue weighted by molar-refractivity contribution is -0.384. The van der Waals surface area contributed by atoms with Gasteiger partial charge < -0.3 is 19.3 Å². The Hall–Kier alpha value is -4.33. The van der Waals surface area contributed by atoms with Gasteiger partial charge in [-0.2, -0.15) is 0 Å². The smallest absolute Gasteiger partial charge is 0.339 e. The van der Waals surface area contributed by atoms with Gasteiger partial charge in [0.15, 0.2) is 0 Å². The third kappa shape index (κ3) is 4.93. The van der Waals surface area contributed by atoms with Gasteiger partial charge in [0, 0.05) is 23.8 Å². The van der Waals surface area contributed by atoms with Gasteiger partial charge in [0.2, 0.25) is 0 Å². The van der Waals surface area contributed by atoms with Crippen molar-refractivity contribution in [3.8, 4) is 23.0 Å². The first kappa shape index (κ1) is 20.4. The number of rotatable bonds is 8. The highest BCUT2D eigenvalue weighted by Crippen LogP contribution is 2.33. The number of methoxy groups -OCH3 is 1. The number of carboxylic acid groups (broad SMARTS) is 1. The van der Waals surface area contributed by atoms with Crippen LogP contribution in [0.25, 0.3) is 5.57 Å². The molecular weight excluding hydrogens is 390 g/mol. The van der Waals surface area contributed by atoms with E-state index in [0.717, 1.165) is 6.26 Å². The van der Waals surface area contributed by atoms with E-state index in [1.54, 1.807) is 48.5 Å². The highest BCUT2D eigenvalue weighted by atomic mass is 16.6. The molecule has 30 heavy (non-hydrogen) atoms. The van der Waals surface area contributed by atoms with Crippen LogP contribution in [0.2, 0.25) is 0 Å². The Morgan fingerprint density at radius 3 is 2.23 bits per heavy atom. The molecule has 8 heteroatoms. The summed E-state index contributed by atoms with van der Waals surface area (Å²) < 4.78 is 16.5. The topological polar surface area (TPSA) is 108 Å². The van der Waals surface area contributed by atoms with Gasteiger partial charge in [-0.3, -0.25) is 10.1 Å². The monoisotopic (exact) mass is 407 g/mol. The molecule has 1 N–H and O–H groups in total. The van der Waals surface area contributed by atoms with Crippen molar-refractivity contribution in [3.05, 3.63) is 94.7 Å². The number of hydrogen-bond donors (Lipinski definition) is 1. The number of non-ortho nitro benzene ring substituents is 1. The van der Waals surface area contributed by atoms with Crippen molar-refractivity contribution >= 4 is 17.2 Å². The number of para-hydroxylation sites is 1. The molecule has 0 fully saturated rings. The van der Waals surface area contributed by atoms with E-state index in [1.165, 1.54) is 31.4 Å². The second-order valence-electron chi connectivity index (χ2n) is 6.00. The van der Waals surface area contributed by atoms with Crippen LogP contribution in [0.4, 0.5) is 5.69 Å². The molecule has 0 spiro atoms. The molecular formula is C22H17NO7. The summed E-state index contributed by atoms with van der Waals surface area (Å²) in [6, 6.07) is 19.1. The SMILES string of the molecule is CO/C=C(/C(=O)O)c1ccccc1Oc1cccc(Oc2ccc([N+](=O)[O-])cc2)c1. The van der Waals surface area contributed by atoms with Crippen molar-refractivity contribution in [2.75, 3.05) is 7.11 Å². The number of ether oxygens (including phenoxy) is 3. The van der Waals surface area contributed by atoms with Crippen LogP contribution in [0.1, 0.15) is 5.56 Å². The van der Waals surface area contributed by atoms with Gasteiger partial charge in [-0.1, -0.05) is 24.3 Å². The van der Waals surface area contributed by atoms with E-state index in [2.05, 4.69) is 0 Å². The summed E-state index contributed by atoms with van der Waals surface area (Å²) in [5, 5.41) is 20.2. The van der Waals surface area contributed by atoms with Crippen LogP contribution in [0.5, 0.6) is 23.0 Å². The zero-order valence-corrected chi connectivity index (χ0v) is 15.8. The number of nitrogens with zero attached hydrogens (tertiary/aromatic N) is 1. The number of benzene rings is 3. The van der Waals surface area contributed by atoms with E-state index < -0.39 is 10.9 Å². The number of carbonyl (C=O) groups is 1. The standard InChI is InChI=1S/C22H17NO7/c1-28-14-20(22(24)25)19-7-2-3-8-21(19)30-18-6-4-5-17(13-18)29-16-11-9-15(10-12-16)23(26)27/h2-14H,1H3,(H,24,25)/b20-14+. The molecule has 3 aromatic rings. The zero-order chi connectivity index (χ0) is 21.5. The predicted octanol–water partition coefficient (Wildman–Crippen LogP) is 5.25. The molecule has 0 saturated heterocycles. The number of nitro groups is 1. The molecule has 0 unspecified atom stereocenters. The molecule has 3 aromatic carbocycles. The molecule has 0 radical (unpaired) electrons. The molecule has 0 aliphatic rings. The van der Waals surface area contributed by atoms with Gasteiger partial charge in [0.25, 0.3) is 5.69 Å². The first-order valence-electron chi connectivity index (χ1n) is 8.74. The Morgan fingerprint density at radius 2 is 1.60 bits per heavy atom. The molecule has 0 atom stereocenters. The first-order valence-corrected chi connectivity index (χ1v) is 8.74. The molecule has 0 aromatic heterocycles. The Morgan fingerprint density at radius 1 is 0.933 bits per heavy atom. The molecule has 0 bridgehead atoms. The van der Waals surface area contributed by atoms with Crippen molar-refractivity contribution in [1.29, 1.82) is 0 Å². The fourth-order valence-electron chi connectivity index (χ4n) is 2.63. The minimum Gasteiger partial charge on any atom is -0.503 e. The lowest BCUT2D eigenvalue weighted by Gasteiger charge is -2.13. The maximum absolute atomic E-state index is 11.6. The van der Waals surface area contributed by atoms with E-state index in [4.69, 9.17) is 14.2 Å². The molecule has 0 aliphatic carbocycles. The summed E-state index contributed by atoms with van der Waals surface area (Å²) in [5.41, 5.74) is 0.273. The summed E-state index contributed by atoms with van der Waals surface area (Å²) in [5.74, 6) is 0.474. The van der Waals surface area contributed by atoms with Crippen LogP contribution < -0.4 is 9.47 Å². The van der Waals surface area contributed by atoms with Crippen molar-refractivity contribution in [3.63, 3.8) is 0 Å². The second-order valence-corrected chi connectivity index (χ2v) is 6.00. The van der Waals surface area contributed by atoms with Crippen LogP contribution in [0.15, 0.2) is 79.1 Å². The molecule has 152 valence electrons. The average molecular weight is 407 g/mol. The van der Waals surface area contributed by atoms with Crippen LogP contribution in [0.3, 0.4) is 0 Å². The second kappa shape index (κ2) is 9.24. The maximum Gasteiger partial charge on any atom is 0.339 e. The van der Waals surface area contributed by atoms with Crippen molar-refractivity contribution < 1.29 is 29.0 Å². The third-order valence-corrected chi connectivity index (χ3v) is 3.96. The Labute approximate surface area is 171 Å². The minimum atomic E-state index is -1.15. The van der Waals surface area contributed by atoms with Gasteiger partial charge in [-0.25, -0.2) is 4.79 Å². The lowest BCUT2D eigenvalue weighted by atomic mass is 10.1.